The summed E-state index contributed by atoms with van der Waals surface area (Å²) >= 11 is 0. The SMILES string of the molecule is CCCCCCCCCCCCCC[C@@H](O)[C@@H]1OC(C)(C)O[C@H]1CO. The van der Waals surface area contributed by atoms with Crippen LogP contribution in [0.2, 0.25) is 0 Å². The van der Waals surface area contributed by atoms with Crippen molar-refractivity contribution in [3.8, 4) is 0 Å². The first-order valence-corrected chi connectivity index (χ1v) is 10.6. The minimum absolute atomic E-state index is 0.108. The van der Waals surface area contributed by atoms with E-state index >= 15 is 0 Å². The molecule has 0 saturated carbocycles. The second-order valence-electron chi connectivity index (χ2n) is 8.07. The quantitative estimate of drug-likeness (QED) is 0.407. The first kappa shape index (κ1) is 22.9. The van der Waals surface area contributed by atoms with E-state index in [2.05, 4.69) is 6.92 Å². The van der Waals surface area contributed by atoms with E-state index in [9.17, 15) is 10.2 Å². The van der Waals surface area contributed by atoms with Gasteiger partial charge >= 0.3 is 0 Å². The van der Waals surface area contributed by atoms with Gasteiger partial charge in [-0.15, -0.1) is 0 Å². The van der Waals surface area contributed by atoms with E-state index in [-0.39, 0.29) is 6.61 Å². The molecule has 150 valence electrons. The number of hydrogen-bond donors (Lipinski definition) is 2. The van der Waals surface area contributed by atoms with Crippen LogP contribution in [-0.2, 0) is 9.47 Å². The molecule has 3 atom stereocenters. The van der Waals surface area contributed by atoms with E-state index in [4.69, 9.17) is 9.47 Å². The van der Waals surface area contributed by atoms with Gasteiger partial charge in [0.05, 0.1) is 12.7 Å². The number of unbranched alkanes of at least 4 members (excludes halogenated alkanes) is 11. The molecule has 0 radical (unpaired) electrons. The zero-order valence-electron chi connectivity index (χ0n) is 16.8. The van der Waals surface area contributed by atoms with Crippen molar-refractivity contribution in [3.63, 3.8) is 0 Å². The summed E-state index contributed by atoms with van der Waals surface area (Å²) in [6.45, 7) is 5.81. The van der Waals surface area contributed by atoms with Crippen molar-refractivity contribution < 1.29 is 19.7 Å². The van der Waals surface area contributed by atoms with Gasteiger partial charge in [-0.3, -0.25) is 0 Å². The number of aliphatic hydroxyl groups is 2. The Balaban J connectivity index is 1.95. The van der Waals surface area contributed by atoms with Gasteiger partial charge in [-0.2, -0.15) is 0 Å². The first-order chi connectivity index (χ1) is 12.0. The summed E-state index contributed by atoms with van der Waals surface area (Å²) in [5.74, 6) is -0.713. The van der Waals surface area contributed by atoms with Gasteiger partial charge in [0, 0.05) is 0 Å². The molecular weight excluding hydrogens is 316 g/mol. The number of rotatable bonds is 15. The van der Waals surface area contributed by atoms with Crippen LogP contribution in [-0.4, -0.2) is 40.9 Å². The summed E-state index contributed by atoms with van der Waals surface area (Å²) in [5, 5.41) is 19.7. The topological polar surface area (TPSA) is 58.9 Å². The third-order valence-electron chi connectivity index (χ3n) is 5.13. The molecule has 0 aliphatic carbocycles. The number of aliphatic hydroxyl groups excluding tert-OH is 2. The van der Waals surface area contributed by atoms with Crippen LogP contribution < -0.4 is 0 Å². The molecule has 2 N–H and O–H groups in total. The smallest absolute Gasteiger partial charge is 0.164 e. The molecule has 0 bridgehead atoms. The van der Waals surface area contributed by atoms with Crippen molar-refractivity contribution in [3.05, 3.63) is 0 Å². The lowest BCUT2D eigenvalue weighted by Gasteiger charge is -2.21. The van der Waals surface area contributed by atoms with Crippen LogP contribution in [0, 0.1) is 0 Å². The highest BCUT2D eigenvalue weighted by Gasteiger charge is 2.44. The van der Waals surface area contributed by atoms with Crippen LogP contribution in [0.3, 0.4) is 0 Å². The molecule has 0 aromatic rings. The molecule has 0 aromatic heterocycles. The lowest BCUT2D eigenvalue weighted by molar-refractivity contribution is -0.157. The highest BCUT2D eigenvalue weighted by Crippen LogP contribution is 2.31. The molecule has 1 rings (SSSR count). The standard InChI is InChI=1S/C21H42O4/c1-4-5-6-7-8-9-10-11-12-13-14-15-16-18(23)20-19(17-22)24-21(2,3)25-20/h18-20,22-23H,4-17H2,1-3H3/t18-,19+,20+/m1/s1. The van der Waals surface area contributed by atoms with Gasteiger partial charge in [-0.05, 0) is 20.3 Å². The van der Waals surface area contributed by atoms with Crippen molar-refractivity contribution >= 4 is 0 Å². The van der Waals surface area contributed by atoms with Crippen molar-refractivity contribution in [2.75, 3.05) is 6.61 Å². The predicted molar refractivity (Wildman–Crippen MR) is 103 cm³/mol. The molecule has 4 heteroatoms. The van der Waals surface area contributed by atoms with Crippen LogP contribution in [0.15, 0.2) is 0 Å². The fourth-order valence-corrected chi connectivity index (χ4v) is 3.69. The molecule has 4 nitrogen and oxygen atoms in total. The largest absolute Gasteiger partial charge is 0.394 e. The maximum absolute atomic E-state index is 10.3. The van der Waals surface area contributed by atoms with Crippen LogP contribution in [0.25, 0.3) is 0 Å². The molecule has 1 fully saturated rings. The molecule has 1 aliphatic rings. The monoisotopic (exact) mass is 358 g/mol. The molecule has 0 aromatic carbocycles. The maximum Gasteiger partial charge on any atom is 0.164 e. The minimum atomic E-state index is -0.713. The van der Waals surface area contributed by atoms with Gasteiger partial charge < -0.3 is 19.7 Å². The van der Waals surface area contributed by atoms with Crippen LogP contribution in [0.4, 0.5) is 0 Å². The van der Waals surface area contributed by atoms with E-state index in [0.717, 1.165) is 19.3 Å². The Morgan fingerprint density at radius 1 is 0.800 bits per heavy atom. The van der Waals surface area contributed by atoms with Crippen molar-refractivity contribution in [2.24, 2.45) is 0 Å². The molecule has 1 aliphatic heterocycles. The molecule has 1 heterocycles. The molecule has 0 amide bonds. The van der Waals surface area contributed by atoms with Crippen molar-refractivity contribution in [1.82, 2.24) is 0 Å². The van der Waals surface area contributed by atoms with Gasteiger partial charge in [0.25, 0.3) is 0 Å². The fourth-order valence-electron chi connectivity index (χ4n) is 3.69. The molecule has 1 saturated heterocycles. The average molecular weight is 359 g/mol. The summed E-state index contributed by atoms with van der Waals surface area (Å²) < 4.78 is 11.4. The Labute approximate surface area is 155 Å². The van der Waals surface area contributed by atoms with E-state index in [0.29, 0.717) is 0 Å². The summed E-state index contributed by atoms with van der Waals surface area (Å²) in [6, 6.07) is 0. The Bertz CT molecular complexity index is 319. The zero-order chi connectivity index (χ0) is 18.5. The van der Waals surface area contributed by atoms with E-state index in [1.807, 2.05) is 13.8 Å². The predicted octanol–water partition coefficient (Wildman–Crippen LogP) is 4.95. The molecule has 0 spiro atoms. The minimum Gasteiger partial charge on any atom is -0.394 e. The molecule has 0 unspecified atom stereocenters. The van der Waals surface area contributed by atoms with E-state index in [1.54, 1.807) is 0 Å². The zero-order valence-corrected chi connectivity index (χ0v) is 16.8. The maximum atomic E-state index is 10.3. The van der Waals surface area contributed by atoms with Gasteiger partial charge in [0.2, 0.25) is 0 Å². The first-order valence-electron chi connectivity index (χ1n) is 10.6. The second-order valence-corrected chi connectivity index (χ2v) is 8.07. The summed E-state index contributed by atoms with van der Waals surface area (Å²) in [5.41, 5.74) is 0. The Morgan fingerprint density at radius 2 is 1.28 bits per heavy atom. The number of hydrogen-bond acceptors (Lipinski definition) is 4. The van der Waals surface area contributed by atoms with E-state index in [1.165, 1.54) is 64.2 Å². The van der Waals surface area contributed by atoms with Gasteiger partial charge in [0.15, 0.2) is 5.79 Å². The van der Waals surface area contributed by atoms with Crippen molar-refractivity contribution in [2.45, 2.75) is 128 Å². The third kappa shape index (κ3) is 9.93. The van der Waals surface area contributed by atoms with E-state index < -0.39 is 24.1 Å². The average Bonchev–Trinajstić information content (AvgIpc) is 2.90. The van der Waals surface area contributed by atoms with Crippen molar-refractivity contribution in [1.29, 1.82) is 0 Å². The summed E-state index contributed by atoms with van der Waals surface area (Å²) in [4.78, 5) is 0. The normalized spacial score (nSPS) is 23.9. The van der Waals surface area contributed by atoms with Crippen LogP contribution >= 0.6 is 0 Å². The highest BCUT2D eigenvalue weighted by atomic mass is 16.8. The van der Waals surface area contributed by atoms with Gasteiger partial charge in [0.1, 0.15) is 12.2 Å². The third-order valence-corrected chi connectivity index (χ3v) is 5.13. The highest BCUT2D eigenvalue weighted by molar-refractivity contribution is 4.86. The van der Waals surface area contributed by atoms with Crippen LogP contribution in [0.5, 0.6) is 0 Å². The lowest BCUT2D eigenvalue weighted by atomic mass is 10.0. The Kier molecular flexibility index (Phi) is 12.0. The number of ether oxygens (including phenoxy) is 2. The molecular formula is C21H42O4. The van der Waals surface area contributed by atoms with Gasteiger partial charge in [-0.1, -0.05) is 84.0 Å². The van der Waals surface area contributed by atoms with Gasteiger partial charge in [-0.25, -0.2) is 0 Å². The second kappa shape index (κ2) is 13.1. The summed E-state index contributed by atoms with van der Waals surface area (Å²) in [6.07, 6.45) is 15.1. The Morgan fingerprint density at radius 3 is 1.76 bits per heavy atom. The summed E-state index contributed by atoms with van der Waals surface area (Å²) in [7, 11) is 0. The lowest BCUT2D eigenvalue weighted by Crippen LogP contribution is -2.37. The fraction of sp³-hybridized carbons (Fsp3) is 1.00. The van der Waals surface area contributed by atoms with Crippen LogP contribution in [0.1, 0.15) is 104 Å². The molecule has 25 heavy (non-hydrogen) atoms. The Hall–Kier alpha value is -0.160.